The molecular formula is C14H13BrCl2N4O2. The average Bonchev–Trinajstić information content (AvgIpc) is 2.78. The van der Waals surface area contributed by atoms with Crippen LogP contribution in [0.25, 0.3) is 0 Å². The maximum atomic E-state index is 12.6. The number of anilines is 2. The van der Waals surface area contributed by atoms with E-state index < -0.39 is 6.03 Å². The number of imidazole rings is 1. The number of rotatable bonds is 3. The summed E-state index contributed by atoms with van der Waals surface area (Å²) in [5.41, 5.74) is 1.09. The Bertz CT molecular complexity index is 778. The van der Waals surface area contributed by atoms with E-state index >= 15 is 0 Å². The van der Waals surface area contributed by atoms with E-state index in [9.17, 15) is 9.59 Å². The highest BCUT2D eigenvalue weighted by Crippen LogP contribution is 2.28. The first-order chi connectivity index (χ1) is 10.8. The minimum Gasteiger partial charge on any atom is -0.324 e. The van der Waals surface area contributed by atoms with Crippen molar-refractivity contribution in [3.63, 3.8) is 0 Å². The first-order valence-electron chi connectivity index (χ1n) is 6.44. The predicted octanol–water partition coefficient (Wildman–Crippen LogP) is 4.02. The summed E-state index contributed by atoms with van der Waals surface area (Å²) in [6.07, 6.45) is 0.422. The van der Waals surface area contributed by atoms with Crippen molar-refractivity contribution in [1.29, 1.82) is 0 Å². The van der Waals surface area contributed by atoms with Crippen molar-refractivity contribution < 1.29 is 9.59 Å². The van der Waals surface area contributed by atoms with Gasteiger partial charge in [-0.1, -0.05) is 23.2 Å². The van der Waals surface area contributed by atoms with Crippen LogP contribution < -0.4 is 9.80 Å². The Morgan fingerprint density at radius 1 is 1.35 bits per heavy atom. The van der Waals surface area contributed by atoms with Crippen molar-refractivity contribution >= 4 is 63.1 Å². The lowest BCUT2D eigenvalue weighted by molar-refractivity contribution is -0.106. The van der Waals surface area contributed by atoms with Gasteiger partial charge < -0.3 is 4.57 Å². The summed E-state index contributed by atoms with van der Waals surface area (Å²) in [7, 11) is 3.35. The Hall–Kier alpha value is -1.57. The number of imide groups is 1. The molecule has 0 spiro atoms. The first kappa shape index (κ1) is 17.8. The van der Waals surface area contributed by atoms with Crippen LogP contribution in [0.1, 0.15) is 5.69 Å². The average molecular weight is 420 g/mol. The number of carbonyl (C=O) groups excluding carboxylic acids is 2. The summed E-state index contributed by atoms with van der Waals surface area (Å²) in [4.78, 5) is 30.5. The highest BCUT2D eigenvalue weighted by atomic mass is 79.9. The van der Waals surface area contributed by atoms with Gasteiger partial charge in [-0.05, 0) is 41.1 Å². The smallest absolute Gasteiger partial charge is 0.324 e. The molecule has 6 nitrogen and oxygen atoms in total. The third-order valence-corrected chi connectivity index (χ3v) is 4.85. The van der Waals surface area contributed by atoms with Crippen molar-refractivity contribution in [1.82, 2.24) is 9.55 Å². The van der Waals surface area contributed by atoms with Gasteiger partial charge in [-0.15, -0.1) is 0 Å². The molecule has 1 aromatic heterocycles. The summed E-state index contributed by atoms with van der Waals surface area (Å²) in [6.45, 7) is 1.82. The Morgan fingerprint density at radius 2 is 2.00 bits per heavy atom. The Labute approximate surface area is 151 Å². The molecule has 0 aliphatic rings. The van der Waals surface area contributed by atoms with Crippen LogP contribution in [0.5, 0.6) is 0 Å². The van der Waals surface area contributed by atoms with Crippen LogP contribution in [0, 0.1) is 6.92 Å². The van der Waals surface area contributed by atoms with E-state index in [0.29, 0.717) is 27.7 Å². The van der Waals surface area contributed by atoms with E-state index in [0.717, 1.165) is 10.6 Å². The van der Waals surface area contributed by atoms with Crippen LogP contribution in [0.4, 0.5) is 16.3 Å². The maximum absolute atomic E-state index is 12.6. The molecule has 122 valence electrons. The molecule has 2 rings (SSSR count). The van der Waals surface area contributed by atoms with Crippen molar-refractivity contribution in [2.45, 2.75) is 6.92 Å². The maximum Gasteiger partial charge on any atom is 0.336 e. The van der Waals surface area contributed by atoms with Crippen LogP contribution in [0.2, 0.25) is 10.0 Å². The van der Waals surface area contributed by atoms with Crippen molar-refractivity contribution in [3.05, 3.63) is 38.7 Å². The third-order valence-electron chi connectivity index (χ3n) is 3.40. The number of carbonyl (C=O) groups is 2. The molecule has 0 bridgehead atoms. The molecule has 0 saturated heterocycles. The summed E-state index contributed by atoms with van der Waals surface area (Å²) < 4.78 is 2.36. The van der Waals surface area contributed by atoms with E-state index in [1.54, 1.807) is 4.57 Å². The van der Waals surface area contributed by atoms with Gasteiger partial charge in [-0.3, -0.25) is 9.69 Å². The van der Waals surface area contributed by atoms with Gasteiger partial charge in [0.1, 0.15) is 0 Å². The molecule has 0 aliphatic carbocycles. The molecule has 2 aromatic rings. The predicted molar refractivity (Wildman–Crippen MR) is 94.4 cm³/mol. The second-order valence-corrected chi connectivity index (χ2v) is 6.29. The molecule has 0 aliphatic heterocycles. The lowest BCUT2D eigenvalue weighted by Gasteiger charge is -2.23. The largest absolute Gasteiger partial charge is 0.336 e. The zero-order chi connectivity index (χ0) is 17.3. The number of benzene rings is 1. The van der Waals surface area contributed by atoms with Crippen LogP contribution in [-0.2, 0) is 11.8 Å². The molecule has 0 radical (unpaired) electrons. The molecule has 0 N–H and O–H groups in total. The molecule has 9 heteroatoms. The summed E-state index contributed by atoms with van der Waals surface area (Å²) in [5.74, 6) is 0.441. The molecule has 1 aromatic carbocycles. The molecule has 0 atom stereocenters. The van der Waals surface area contributed by atoms with E-state index in [1.807, 2.05) is 14.0 Å². The Balaban J connectivity index is 2.37. The van der Waals surface area contributed by atoms with Crippen LogP contribution in [0.15, 0.2) is 22.9 Å². The summed E-state index contributed by atoms with van der Waals surface area (Å²) in [6, 6.07) is 3.94. The second kappa shape index (κ2) is 6.90. The normalized spacial score (nSPS) is 10.5. The van der Waals surface area contributed by atoms with Gasteiger partial charge in [0, 0.05) is 14.1 Å². The van der Waals surface area contributed by atoms with Crippen molar-refractivity contribution in [2.24, 2.45) is 7.05 Å². The van der Waals surface area contributed by atoms with Crippen LogP contribution >= 0.6 is 39.1 Å². The van der Waals surface area contributed by atoms with E-state index in [-0.39, 0.29) is 5.02 Å². The highest BCUT2D eigenvalue weighted by molar-refractivity contribution is 9.10. The fraction of sp³-hybridized carbons (Fsp3) is 0.214. The third kappa shape index (κ3) is 3.36. The zero-order valence-corrected chi connectivity index (χ0v) is 15.6. The monoisotopic (exact) mass is 418 g/mol. The van der Waals surface area contributed by atoms with Crippen LogP contribution in [-0.4, -0.2) is 29.0 Å². The van der Waals surface area contributed by atoms with Crippen LogP contribution in [0.3, 0.4) is 0 Å². The molecular weight excluding hydrogens is 407 g/mol. The summed E-state index contributed by atoms with van der Waals surface area (Å²) >= 11 is 15.1. The van der Waals surface area contributed by atoms with Gasteiger partial charge in [-0.25, -0.2) is 14.7 Å². The SMILES string of the molecule is Cc1c(N(C)C(=O)N(C=O)c2ccc(Cl)c(Cl)c2)nc(Br)n1C. The molecule has 3 amide bonds. The van der Waals surface area contributed by atoms with Gasteiger partial charge in [-0.2, -0.15) is 0 Å². The Morgan fingerprint density at radius 3 is 2.48 bits per heavy atom. The number of halogens is 3. The molecule has 0 unspecified atom stereocenters. The molecule has 0 fully saturated rings. The van der Waals surface area contributed by atoms with Gasteiger partial charge in [0.05, 0.1) is 21.4 Å². The van der Waals surface area contributed by atoms with Gasteiger partial charge >= 0.3 is 6.03 Å². The summed E-state index contributed by atoms with van der Waals surface area (Å²) in [5, 5.41) is 0.592. The fourth-order valence-corrected chi connectivity index (χ4v) is 2.68. The number of aromatic nitrogens is 2. The lowest BCUT2D eigenvalue weighted by Crippen LogP contribution is -2.41. The fourth-order valence-electron chi connectivity index (χ4n) is 1.95. The minimum atomic E-state index is -0.563. The number of amides is 3. The Kier molecular flexibility index (Phi) is 5.33. The topological polar surface area (TPSA) is 58.4 Å². The van der Waals surface area contributed by atoms with E-state index in [4.69, 9.17) is 23.2 Å². The second-order valence-electron chi connectivity index (χ2n) is 4.76. The first-order valence-corrected chi connectivity index (χ1v) is 7.99. The molecule has 23 heavy (non-hydrogen) atoms. The lowest BCUT2D eigenvalue weighted by atomic mass is 10.3. The number of hydrogen-bond acceptors (Lipinski definition) is 3. The molecule has 0 saturated carbocycles. The quantitative estimate of drug-likeness (QED) is 0.706. The molecule has 1 heterocycles. The number of urea groups is 1. The minimum absolute atomic E-state index is 0.253. The van der Waals surface area contributed by atoms with Gasteiger partial charge in [0.15, 0.2) is 10.6 Å². The number of hydrogen-bond donors (Lipinski definition) is 0. The van der Waals surface area contributed by atoms with Crippen molar-refractivity contribution in [2.75, 3.05) is 16.8 Å². The highest BCUT2D eigenvalue weighted by Gasteiger charge is 2.25. The van der Waals surface area contributed by atoms with Gasteiger partial charge in [0.2, 0.25) is 6.41 Å². The standard InChI is InChI=1S/C14H13BrCl2N4O2/c1-8-12(18-13(15)19(8)2)20(3)14(23)21(7-22)9-4-5-10(16)11(17)6-9/h4-7H,1-3H3. The van der Waals surface area contributed by atoms with E-state index in [1.165, 1.54) is 30.1 Å². The zero-order valence-electron chi connectivity index (χ0n) is 12.5. The van der Waals surface area contributed by atoms with E-state index in [2.05, 4.69) is 20.9 Å². The van der Waals surface area contributed by atoms with Gasteiger partial charge in [0.25, 0.3) is 0 Å². The van der Waals surface area contributed by atoms with Crippen molar-refractivity contribution in [3.8, 4) is 0 Å². The number of nitrogens with zero attached hydrogens (tertiary/aromatic N) is 4.